The van der Waals surface area contributed by atoms with E-state index < -0.39 is 108 Å². The standard InChI is InChI=1S/C47H51FN10O18P2/c48-29-10-6-26(7-11-29)18-35(59)54-30-12-8-27(9-13-30)20-70-47(64)57-19-28(16-25-4-2-1-3-5-25)17-31(57)45(62)75-39-32(73-44(37(39)60)58-24-53-36-41(50)51-23-52-42(36)58)22-72-78(68,69)76-40-33(21-71-77(65,66)67)74-43(38(40)61)56-15-14-34(49)55-46(56)63/h1-15,23-24,28,31-33,37-40,43-44,60-61H,16-22H2,(H,54,59)(H,68,69)(H2,49,55,63)(H2,50,51,52)(H2,65,66,67)/t28-,31+,32-,33-,37-,38-,39-,40-,43-,44-/m1/s1. The van der Waals surface area contributed by atoms with Crippen LogP contribution in [0.25, 0.3) is 11.2 Å². The normalized spacial score (nSPS) is 25.0. The lowest BCUT2D eigenvalue weighted by Crippen LogP contribution is -2.46. The van der Waals surface area contributed by atoms with Gasteiger partial charge in [0.2, 0.25) is 5.91 Å². The molecule has 10 N–H and O–H groups in total. The molecule has 3 saturated heterocycles. The number of halogens is 1. The molecule has 3 aromatic heterocycles. The molecule has 9 rings (SSSR count). The third kappa shape index (κ3) is 13.2. The fraction of sp³-hybridized carbons (Fsp3) is 0.362. The van der Waals surface area contributed by atoms with E-state index in [1.54, 1.807) is 24.3 Å². The summed E-state index contributed by atoms with van der Waals surface area (Å²) in [6.45, 7) is -2.28. The number of aromatic nitrogens is 6. The number of phosphoric acid groups is 2. The van der Waals surface area contributed by atoms with Crippen LogP contribution in [0.15, 0.2) is 109 Å². The predicted molar refractivity (Wildman–Crippen MR) is 265 cm³/mol. The second kappa shape index (κ2) is 23.5. The van der Waals surface area contributed by atoms with Crippen molar-refractivity contribution >= 4 is 62.1 Å². The lowest BCUT2D eigenvalue weighted by molar-refractivity contribution is -0.161. The van der Waals surface area contributed by atoms with Gasteiger partial charge in [-0.2, -0.15) is 4.98 Å². The number of anilines is 3. The van der Waals surface area contributed by atoms with Gasteiger partial charge < -0.3 is 60.6 Å². The Kier molecular flexibility index (Phi) is 16.7. The molecule has 0 saturated carbocycles. The molecule has 0 aliphatic carbocycles. The molecular formula is C47H51FN10O18P2. The molecule has 0 bridgehead atoms. The first-order valence-corrected chi connectivity index (χ1v) is 26.8. The Balaban J connectivity index is 0.920. The molecule has 31 heteroatoms. The Labute approximate surface area is 440 Å². The number of ether oxygens (including phenoxy) is 4. The molecule has 6 heterocycles. The lowest BCUT2D eigenvalue weighted by atomic mass is 9.97. The molecule has 3 aromatic carbocycles. The van der Waals surface area contributed by atoms with Gasteiger partial charge in [0.25, 0.3) is 0 Å². The first kappa shape index (κ1) is 55.6. The zero-order chi connectivity index (χ0) is 55.5. The highest BCUT2D eigenvalue weighted by atomic mass is 31.2. The predicted octanol–water partition coefficient (Wildman–Crippen LogP) is 1.88. The number of hydrogen-bond acceptors (Lipinski definition) is 21. The van der Waals surface area contributed by atoms with Crippen LogP contribution in [0.1, 0.15) is 35.6 Å². The van der Waals surface area contributed by atoms with Gasteiger partial charge in [0.05, 0.1) is 26.0 Å². The molecular weight excluding hydrogens is 1070 g/mol. The number of nitrogens with zero attached hydrogens (tertiary/aromatic N) is 7. The molecule has 3 fully saturated rings. The number of benzene rings is 3. The van der Waals surface area contributed by atoms with E-state index in [2.05, 4.69) is 29.8 Å². The summed E-state index contributed by atoms with van der Waals surface area (Å²) < 4.78 is 79.5. The summed E-state index contributed by atoms with van der Waals surface area (Å²) in [5.41, 5.74) is 13.2. The number of nitrogens with two attached hydrogens (primary N) is 2. The molecule has 1 unspecified atom stereocenters. The SMILES string of the molecule is Nc1ccn([C@@H]2O[C@H](COP(=O)(O)O)[C@@H](OP(=O)(O)OC[C@H]3O[C@@H](n4cnc5c(N)ncnc54)[C@H](O)[C@@H]3OC(=O)[C@@H]3C[C@@H](Cc4ccccc4)CN3C(=O)OCc3ccc(NC(=O)Cc4ccc(F)cc4)cc3)[C@H]2O)c(=O)n1. The molecule has 3 aliphatic rings. The van der Waals surface area contributed by atoms with Crippen LogP contribution in [0.2, 0.25) is 0 Å². The van der Waals surface area contributed by atoms with E-state index in [9.17, 15) is 57.6 Å². The van der Waals surface area contributed by atoms with Gasteiger partial charge in [-0.25, -0.2) is 42.9 Å². The number of aliphatic hydroxyl groups excluding tert-OH is 2. The number of carbonyl (C=O) groups is 3. The van der Waals surface area contributed by atoms with Crippen molar-refractivity contribution in [2.24, 2.45) is 5.92 Å². The number of imidazole rings is 1. The number of amides is 2. The van der Waals surface area contributed by atoms with Crippen molar-refractivity contribution in [1.82, 2.24) is 34.0 Å². The number of nitrogen functional groups attached to an aromatic ring is 2. The zero-order valence-electron chi connectivity index (χ0n) is 40.6. The van der Waals surface area contributed by atoms with E-state index in [0.717, 1.165) is 22.7 Å². The topological polar surface area (TPSA) is 397 Å². The minimum Gasteiger partial charge on any atom is -0.455 e. The molecule has 3 aliphatic heterocycles. The monoisotopic (exact) mass is 1120 g/mol. The van der Waals surface area contributed by atoms with Crippen LogP contribution >= 0.6 is 15.6 Å². The largest absolute Gasteiger partial charge is 0.472 e. The summed E-state index contributed by atoms with van der Waals surface area (Å²) in [7, 11) is -10.7. The van der Waals surface area contributed by atoms with Crippen LogP contribution in [0.4, 0.5) is 26.5 Å². The molecule has 78 heavy (non-hydrogen) atoms. The minimum atomic E-state index is -5.49. The van der Waals surface area contributed by atoms with Crippen molar-refractivity contribution in [3.63, 3.8) is 0 Å². The maximum absolute atomic E-state index is 14.6. The quantitative estimate of drug-likeness (QED) is 0.0424. The summed E-state index contributed by atoms with van der Waals surface area (Å²) in [5, 5.41) is 26.0. The van der Waals surface area contributed by atoms with E-state index >= 15 is 0 Å². The number of fused-ring (bicyclic) bond motifs is 1. The van der Waals surface area contributed by atoms with E-state index in [0.29, 0.717) is 23.2 Å². The smallest absolute Gasteiger partial charge is 0.455 e. The van der Waals surface area contributed by atoms with Crippen LogP contribution in [-0.2, 0) is 70.7 Å². The van der Waals surface area contributed by atoms with Crippen molar-refractivity contribution in [2.45, 2.75) is 81.0 Å². The average molecular weight is 1120 g/mol. The van der Waals surface area contributed by atoms with Crippen LogP contribution in [0, 0.1) is 11.7 Å². The van der Waals surface area contributed by atoms with Gasteiger partial charge >= 0.3 is 33.4 Å². The number of carbonyl (C=O) groups excluding carboxylic acids is 3. The van der Waals surface area contributed by atoms with E-state index in [4.69, 9.17) is 39.5 Å². The maximum Gasteiger partial charge on any atom is 0.472 e. The summed E-state index contributed by atoms with van der Waals surface area (Å²) >= 11 is 0. The average Bonchev–Trinajstić information content (AvgIpc) is 4.29. The number of esters is 1. The molecule has 414 valence electrons. The third-order valence-corrected chi connectivity index (χ3v) is 14.3. The number of likely N-dealkylation sites (tertiary alicyclic amines) is 1. The molecule has 11 atom stereocenters. The van der Waals surface area contributed by atoms with E-state index in [1.165, 1.54) is 46.1 Å². The van der Waals surface area contributed by atoms with Gasteiger partial charge in [0, 0.05) is 18.4 Å². The Bertz CT molecular complexity index is 3290. The highest BCUT2D eigenvalue weighted by Gasteiger charge is 2.53. The molecule has 6 aromatic rings. The van der Waals surface area contributed by atoms with Gasteiger partial charge in [-0.05, 0) is 65.8 Å². The van der Waals surface area contributed by atoms with Crippen LogP contribution < -0.4 is 22.5 Å². The van der Waals surface area contributed by atoms with Crippen LogP contribution in [-0.4, -0.2) is 139 Å². The van der Waals surface area contributed by atoms with E-state index in [-0.39, 0.29) is 60.6 Å². The van der Waals surface area contributed by atoms with Gasteiger partial charge in [-0.1, -0.05) is 54.6 Å². The second-order valence-corrected chi connectivity index (χ2v) is 21.0. The Morgan fingerprint density at radius 2 is 1.47 bits per heavy atom. The number of nitrogens with one attached hydrogen (secondary N) is 1. The van der Waals surface area contributed by atoms with Crippen LogP contribution in [0.5, 0.6) is 0 Å². The van der Waals surface area contributed by atoms with Crippen molar-refractivity contribution in [3.8, 4) is 0 Å². The van der Waals surface area contributed by atoms with Gasteiger partial charge in [0.15, 0.2) is 30.0 Å². The van der Waals surface area contributed by atoms with Crippen LogP contribution in [0.3, 0.4) is 0 Å². The summed E-state index contributed by atoms with van der Waals surface area (Å²) in [5.74, 6) is -2.35. The summed E-state index contributed by atoms with van der Waals surface area (Å²) in [4.78, 5) is 101. The number of phosphoric ester groups is 2. The molecule has 28 nitrogen and oxygen atoms in total. The first-order valence-electron chi connectivity index (χ1n) is 23.8. The lowest BCUT2D eigenvalue weighted by Gasteiger charge is -2.27. The molecule has 0 spiro atoms. The summed E-state index contributed by atoms with van der Waals surface area (Å²) in [6, 6.07) is 21.1. The highest BCUT2D eigenvalue weighted by Crippen LogP contribution is 2.50. The fourth-order valence-electron chi connectivity index (χ4n) is 9.20. The van der Waals surface area contributed by atoms with Gasteiger partial charge in [0.1, 0.15) is 66.6 Å². The minimum absolute atomic E-state index is 0.00295. The van der Waals surface area contributed by atoms with Crippen molar-refractivity contribution in [3.05, 3.63) is 137 Å². The summed E-state index contributed by atoms with van der Waals surface area (Å²) in [6.07, 6.45) is -11.2. The van der Waals surface area contributed by atoms with Gasteiger partial charge in [-0.15, -0.1) is 0 Å². The Morgan fingerprint density at radius 1 is 0.808 bits per heavy atom. The fourth-order valence-corrected chi connectivity index (χ4v) is 10.5. The van der Waals surface area contributed by atoms with Gasteiger partial charge in [-0.3, -0.25) is 32.4 Å². The second-order valence-electron chi connectivity index (χ2n) is 18.3. The number of rotatable bonds is 19. The first-order chi connectivity index (χ1) is 37.2. The number of aliphatic hydroxyl groups is 2. The highest BCUT2D eigenvalue weighted by molar-refractivity contribution is 7.47. The maximum atomic E-state index is 14.6. The molecule has 2 amide bonds. The van der Waals surface area contributed by atoms with Crippen molar-refractivity contribution < 1.29 is 85.3 Å². The Morgan fingerprint density at radius 3 is 2.18 bits per heavy atom. The third-order valence-electron chi connectivity index (χ3n) is 12.9. The zero-order valence-corrected chi connectivity index (χ0v) is 42.4. The van der Waals surface area contributed by atoms with Crippen molar-refractivity contribution in [2.75, 3.05) is 36.5 Å². The Hall–Kier alpha value is -7.11. The van der Waals surface area contributed by atoms with E-state index in [1.807, 2.05) is 30.3 Å². The van der Waals surface area contributed by atoms with Crippen molar-refractivity contribution in [1.29, 1.82) is 0 Å². The molecule has 0 radical (unpaired) electrons. The number of hydrogen-bond donors (Lipinski definition) is 8.